The molecule has 6 nitrogen and oxygen atoms in total. The van der Waals surface area contributed by atoms with Crippen LogP contribution in [0.5, 0.6) is 0 Å². The molecule has 1 aromatic carbocycles. The van der Waals surface area contributed by atoms with Gasteiger partial charge >= 0.3 is 6.09 Å². The van der Waals surface area contributed by atoms with E-state index in [4.69, 9.17) is 4.74 Å². The molecular weight excluding hydrogens is 382 g/mol. The highest BCUT2D eigenvalue weighted by atomic mass is 32.2. The lowest BCUT2D eigenvalue weighted by atomic mass is 10.0. The van der Waals surface area contributed by atoms with Crippen molar-refractivity contribution in [1.29, 1.82) is 0 Å². The molecule has 1 aromatic heterocycles. The maximum absolute atomic E-state index is 12.2. The van der Waals surface area contributed by atoms with Crippen molar-refractivity contribution in [1.82, 2.24) is 13.6 Å². The molecule has 27 heavy (non-hydrogen) atoms. The summed E-state index contributed by atoms with van der Waals surface area (Å²) in [6, 6.07) is 7.56. The SMILES string of the molecule is C[S+]([O-])c1ccc(-c2nsnc2C2=CCN(C(=O)OC(C)(C)C)CC2)cc1. The highest BCUT2D eigenvalue weighted by Gasteiger charge is 2.25. The van der Waals surface area contributed by atoms with Gasteiger partial charge in [-0.05, 0) is 68.2 Å². The smallest absolute Gasteiger partial charge is 0.410 e. The molecule has 2 heterocycles. The fourth-order valence-corrected chi connectivity index (χ4v) is 3.89. The van der Waals surface area contributed by atoms with Gasteiger partial charge in [0.1, 0.15) is 23.2 Å². The number of hydrogen-bond donors (Lipinski definition) is 0. The molecule has 0 saturated heterocycles. The van der Waals surface area contributed by atoms with Gasteiger partial charge in [0.05, 0.1) is 11.7 Å². The van der Waals surface area contributed by atoms with Crippen LogP contribution in [0.25, 0.3) is 16.8 Å². The highest BCUT2D eigenvalue weighted by Crippen LogP contribution is 2.31. The molecule has 0 aliphatic carbocycles. The van der Waals surface area contributed by atoms with Crippen molar-refractivity contribution >= 4 is 34.6 Å². The maximum atomic E-state index is 12.2. The van der Waals surface area contributed by atoms with Gasteiger partial charge in [-0.25, -0.2) is 4.79 Å². The van der Waals surface area contributed by atoms with Gasteiger partial charge in [0, 0.05) is 18.7 Å². The molecule has 0 spiro atoms. The number of rotatable bonds is 3. The molecule has 144 valence electrons. The first-order valence-corrected chi connectivity index (χ1v) is 11.0. The van der Waals surface area contributed by atoms with Gasteiger partial charge in [-0.1, -0.05) is 6.08 Å². The zero-order chi connectivity index (χ0) is 19.6. The van der Waals surface area contributed by atoms with Crippen molar-refractivity contribution in [3.63, 3.8) is 0 Å². The molecule has 1 unspecified atom stereocenters. The molecule has 2 aromatic rings. The summed E-state index contributed by atoms with van der Waals surface area (Å²) in [5, 5.41) is 0. The first-order valence-electron chi connectivity index (χ1n) is 8.68. The zero-order valence-corrected chi connectivity index (χ0v) is 17.5. The van der Waals surface area contributed by atoms with Crippen LogP contribution in [-0.4, -0.2) is 49.2 Å². The van der Waals surface area contributed by atoms with Crippen LogP contribution in [0.15, 0.2) is 35.2 Å². The Balaban J connectivity index is 1.75. The Morgan fingerprint density at radius 2 is 1.89 bits per heavy atom. The predicted octanol–water partition coefficient (Wildman–Crippen LogP) is 3.97. The molecule has 1 aliphatic rings. The number of carbonyl (C=O) groups is 1. The summed E-state index contributed by atoms with van der Waals surface area (Å²) in [6.07, 6.45) is 4.09. The van der Waals surface area contributed by atoms with E-state index < -0.39 is 16.8 Å². The van der Waals surface area contributed by atoms with E-state index in [1.807, 2.05) is 51.1 Å². The minimum atomic E-state index is -1.00. The third-order valence-electron chi connectivity index (χ3n) is 4.11. The van der Waals surface area contributed by atoms with Crippen molar-refractivity contribution in [3.05, 3.63) is 36.0 Å². The van der Waals surface area contributed by atoms with E-state index in [1.54, 1.807) is 11.2 Å². The molecular formula is C19H23N3O3S2. The summed E-state index contributed by atoms with van der Waals surface area (Å²) in [5.41, 5.74) is 3.21. The van der Waals surface area contributed by atoms with Crippen molar-refractivity contribution in [2.45, 2.75) is 37.7 Å². The van der Waals surface area contributed by atoms with E-state index in [-0.39, 0.29) is 6.09 Å². The lowest BCUT2D eigenvalue weighted by Crippen LogP contribution is -2.39. The molecule has 1 atom stereocenters. The Labute approximate surface area is 166 Å². The van der Waals surface area contributed by atoms with Gasteiger partial charge < -0.3 is 14.2 Å². The van der Waals surface area contributed by atoms with Gasteiger partial charge in [-0.15, -0.1) is 0 Å². The van der Waals surface area contributed by atoms with Gasteiger partial charge in [0.15, 0.2) is 4.90 Å². The van der Waals surface area contributed by atoms with Crippen LogP contribution in [0, 0.1) is 0 Å². The van der Waals surface area contributed by atoms with Crippen LogP contribution in [0.1, 0.15) is 32.9 Å². The van der Waals surface area contributed by atoms with E-state index in [2.05, 4.69) is 8.75 Å². The van der Waals surface area contributed by atoms with Crippen molar-refractivity contribution in [2.75, 3.05) is 19.3 Å². The van der Waals surface area contributed by atoms with Crippen LogP contribution in [-0.2, 0) is 15.9 Å². The summed E-state index contributed by atoms with van der Waals surface area (Å²) in [4.78, 5) is 14.7. The van der Waals surface area contributed by atoms with Crippen molar-refractivity contribution in [2.24, 2.45) is 0 Å². The quantitative estimate of drug-likeness (QED) is 0.722. The van der Waals surface area contributed by atoms with Crippen LogP contribution >= 0.6 is 11.7 Å². The number of carbonyl (C=O) groups excluding carboxylic acids is 1. The Hall–Kier alpha value is -1.90. The van der Waals surface area contributed by atoms with Gasteiger partial charge in [0.2, 0.25) is 0 Å². The Morgan fingerprint density at radius 1 is 1.22 bits per heavy atom. The lowest BCUT2D eigenvalue weighted by Gasteiger charge is -2.29. The van der Waals surface area contributed by atoms with Crippen molar-refractivity contribution < 1.29 is 14.1 Å². The van der Waals surface area contributed by atoms with E-state index in [1.165, 1.54) is 11.7 Å². The van der Waals surface area contributed by atoms with Crippen LogP contribution in [0.2, 0.25) is 0 Å². The topological polar surface area (TPSA) is 78.4 Å². The second kappa shape index (κ2) is 8.00. The first kappa shape index (κ1) is 19.9. The van der Waals surface area contributed by atoms with Crippen LogP contribution in [0.3, 0.4) is 0 Å². The van der Waals surface area contributed by atoms with E-state index in [9.17, 15) is 9.35 Å². The Kier molecular flexibility index (Phi) is 5.88. The highest BCUT2D eigenvalue weighted by molar-refractivity contribution is 7.90. The van der Waals surface area contributed by atoms with E-state index in [0.29, 0.717) is 19.5 Å². The van der Waals surface area contributed by atoms with E-state index >= 15 is 0 Å². The maximum Gasteiger partial charge on any atom is 0.410 e. The predicted molar refractivity (Wildman–Crippen MR) is 108 cm³/mol. The zero-order valence-electron chi connectivity index (χ0n) is 15.9. The Bertz CT molecular complexity index is 839. The van der Waals surface area contributed by atoms with E-state index in [0.717, 1.165) is 27.4 Å². The molecule has 3 rings (SSSR count). The third kappa shape index (κ3) is 4.88. The molecule has 8 heteroatoms. The third-order valence-corrected chi connectivity index (χ3v) is 5.58. The number of aromatic nitrogens is 2. The average molecular weight is 406 g/mol. The van der Waals surface area contributed by atoms with Gasteiger partial charge in [0.25, 0.3) is 0 Å². The number of nitrogens with zero attached hydrogens (tertiary/aromatic N) is 3. The molecule has 0 N–H and O–H groups in total. The molecule has 1 amide bonds. The number of ether oxygens (including phenoxy) is 1. The molecule has 1 aliphatic heterocycles. The number of amides is 1. The number of benzene rings is 1. The average Bonchev–Trinajstić information content (AvgIpc) is 3.10. The minimum Gasteiger partial charge on any atom is -0.612 e. The second-order valence-electron chi connectivity index (χ2n) is 7.35. The molecule has 0 radical (unpaired) electrons. The number of hydrogen-bond acceptors (Lipinski definition) is 6. The molecule has 0 fully saturated rings. The Morgan fingerprint density at radius 3 is 2.44 bits per heavy atom. The van der Waals surface area contributed by atoms with Gasteiger partial charge in [-0.2, -0.15) is 8.75 Å². The van der Waals surface area contributed by atoms with Crippen LogP contribution in [0.4, 0.5) is 4.79 Å². The normalized spacial score (nSPS) is 16.0. The molecule has 0 saturated carbocycles. The standard InChI is InChI=1S/C19H23N3O3S2/c1-19(2,3)25-18(23)22-11-9-14(10-12-22)17-16(20-26-21-17)13-5-7-15(8-6-13)27(4)24/h5-9H,10-12H2,1-4H3. The van der Waals surface area contributed by atoms with Gasteiger partial charge in [-0.3, -0.25) is 0 Å². The summed E-state index contributed by atoms with van der Waals surface area (Å²) in [5.74, 6) is 0. The summed E-state index contributed by atoms with van der Waals surface area (Å²) in [7, 11) is 0. The minimum absolute atomic E-state index is 0.294. The largest absolute Gasteiger partial charge is 0.612 e. The fourth-order valence-electron chi connectivity index (χ4n) is 2.77. The van der Waals surface area contributed by atoms with Crippen molar-refractivity contribution in [3.8, 4) is 11.3 Å². The lowest BCUT2D eigenvalue weighted by molar-refractivity contribution is 0.0270. The second-order valence-corrected chi connectivity index (χ2v) is 9.25. The first-order chi connectivity index (χ1) is 12.7. The summed E-state index contributed by atoms with van der Waals surface area (Å²) >= 11 is 0.170. The summed E-state index contributed by atoms with van der Waals surface area (Å²) < 4.78 is 25.9. The fraction of sp³-hybridized carbons (Fsp3) is 0.421. The monoisotopic (exact) mass is 405 g/mol. The molecule has 0 bridgehead atoms. The summed E-state index contributed by atoms with van der Waals surface area (Å²) in [6.45, 7) is 6.68. The van der Waals surface area contributed by atoms with Crippen LogP contribution < -0.4 is 0 Å².